The molecule has 0 atom stereocenters. The molecule has 0 aliphatic carbocycles. The van der Waals surface area contributed by atoms with Gasteiger partial charge in [0.15, 0.2) is 0 Å². The molecule has 116 valence electrons. The number of halogens is 1. The third-order valence-corrected chi connectivity index (χ3v) is 3.37. The van der Waals surface area contributed by atoms with Gasteiger partial charge >= 0.3 is 0 Å². The van der Waals surface area contributed by atoms with Crippen molar-refractivity contribution >= 4 is 11.9 Å². The summed E-state index contributed by atoms with van der Waals surface area (Å²) in [7, 11) is 0. The van der Waals surface area contributed by atoms with Crippen molar-refractivity contribution < 1.29 is 9.18 Å². The Morgan fingerprint density at radius 2 is 1.95 bits per heavy atom. The highest BCUT2D eigenvalue weighted by atomic mass is 19.1. The zero-order valence-corrected chi connectivity index (χ0v) is 12.4. The number of carbonyl (C=O) groups is 1. The maximum absolute atomic E-state index is 12.8. The van der Waals surface area contributed by atoms with Gasteiger partial charge in [-0.3, -0.25) is 14.2 Å². The fourth-order valence-electron chi connectivity index (χ4n) is 1.93. The van der Waals surface area contributed by atoms with Gasteiger partial charge in [0.05, 0.1) is 0 Å². The van der Waals surface area contributed by atoms with Gasteiger partial charge in [0.1, 0.15) is 12.4 Å². The average molecular weight is 304 g/mol. The molecule has 0 spiro atoms. The molecule has 1 aromatic heterocycles. The first-order valence-corrected chi connectivity index (χ1v) is 6.73. The fraction of sp³-hybridized carbons (Fsp3) is 0.267. The monoisotopic (exact) mass is 304 g/mol. The lowest BCUT2D eigenvalue weighted by atomic mass is 10.2. The van der Waals surface area contributed by atoms with Gasteiger partial charge < -0.3 is 11.1 Å². The van der Waals surface area contributed by atoms with Crippen molar-refractivity contribution in [2.75, 3.05) is 5.73 Å². The summed E-state index contributed by atoms with van der Waals surface area (Å²) in [6.45, 7) is 3.36. The summed E-state index contributed by atoms with van der Waals surface area (Å²) >= 11 is 0. The number of aryl methyl sites for hydroxylation is 1. The lowest BCUT2D eigenvalue weighted by Gasteiger charge is -2.11. The van der Waals surface area contributed by atoms with Crippen LogP contribution in [0.2, 0.25) is 0 Å². The number of nitrogens with two attached hydrogens (primary N) is 1. The average Bonchev–Trinajstić information content (AvgIpc) is 2.49. The van der Waals surface area contributed by atoms with E-state index in [4.69, 9.17) is 5.73 Å². The summed E-state index contributed by atoms with van der Waals surface area (Å²) in [6.07, 6.45) is 0. The standard InChI is InChI=1S/C15H17FN4O2/c1-9-10(2)19-15(17)20(14(9)22)8-13(21)18-7-11-3-5-12(16)6-4-11/h3-6H,7-8H2,1-2H3,(H2,17,19)(H,18,21). The minimum absolute atomic E-state index is 0.00466. The van der Waals surface area contributed by atoms with E-state index < -0.39 is 0 Å². The van der Waals surface area contributed by atoms with Gasteiger partial charge in [0.2, 0.25) is 11.9 Å². The van der Waals surface area contributed by atoms with Gasteiger partial charge in [0, 0.05) is 17.8 Å². The van der Waals surface area contributed by atoms with E-state index in [1.54, 1.807) is 26.0 Å². The van der Waals surface area contributed by atoms with Gasteiger partial charge in [-0.15, -0.1) is 0 Å². The number of nitrogen functional groups attached to an aromatic ring is 1. The first kappa shape index (κ1) is 15.7. The van der Waals surface area contributed by atoms with Crippen LogP contribution in [0.15, 0.2) is 29.1 Å². The zero-order valence-electron chi connectivity index (χ0n) is 12.4. The number of nitrogens with one attached hydrogen (secondary N) is 1. The lowest BCUT2D eigenvalue weighted by molar-refractivity contribution is -0.121. The molecule has 1 heterocycles. The molecular weight excluding hydrogens is 287 g/mol. The Bertz CT molecular complexity index is 753. The predicted molar refractivity (Wildman–Crippen MR) is 80.6 cm³/mol. The molecule has 6 nitrogen and oxygen atoms in total. The Hall–Kier alpha value is -2.70. The quantitative estimate of drug-likeness (QED) is 0.878. The molecule has 1 aromatic carbocycles. The molecule has 1 amide bonds. The van der Waals surface area contributed by atoms with Gasteiger partial charge in [0.25, 0.3) is 5.56 Å². The van der Waals surface area contributed by atoms with Crippen LogP contribution in [0.25, 0.3) is 0 Å². The van der Waals surface area contributed by atoms with Crippen molar-refractivity contribution in [1.82, 2.24) is 14.9 Å². The van der Waals surface area contributed by atoms with E-state index in [0.29, 0.717) is 11.3 Å². The molecule has 0 fully saturated rings. The Kier molecular flexibility index (Phi) is 4.55. The number of aromatic nitrogens is 2. The number of benzene rings is 1. The second-order valence-corrected chi connectivity index (χ2v) is 4.97. The molecule has 3 N–H and O–H groups in total. The van der Waals surface area contributed by atoms with Crippen molar-refractivity contribution in [1.29, 1.82) is 0 Å². The Morgan fingerprint density at radius 3 is 2.59 bits per heavy atom. The normalized spacial score (nSPS) is 10.5. The smallest absolute Gasteiger partial charge is 0.258 e. The van der Waals surface area contributed by atoms with Crippen molar-refractivity contribution in [3.63, 3.8) is 0 Å². The van der Waals surface area contributed by atoms with Crippen LogP contribution >= 0.6 is 0 Å². The predicted octanol–water partition coefficient (Wildman–Crippen LogP) is 0.898. The van der Waals surface area contributed by atoms with Crippen LogP contribution in [-0.2, 0) is 17.9 Å². The van der Waals surface area contributed by atoms with E-state index >= 15 is 0 Å². The van der Waals surface area contributed by atoms with Crippen molar-refractivity contribution in [2.45, 2.75) is 26.9 Å². The highest BCUT2D eigenvalue weighted by Crippen LogP contribution is 2.03. The van der Waals surface area contributed by atoms with E-state index in [2.05, 4.69) is 10.3 Å². The largest absolute Gasteiger partial charge is 0.369 e. The molecule has 7 heteroatoms. The summed E-state index contributed by atoms with van der Waals surface area (Å²) in [5.74, 6) is -0.705. The molecule has 22 heavy (non-hydrogen) atoms. The minimum atomic E-state index is -0.372. The number of rotatable bonds is 4. The van der Waals surface area contributed by atoms with Crippen LogP contribution in [0, 0.1) is 19.7 Å². The molecule has 0 unspecified atom stereocenters. The van der Waals surface area contributed by atoms with Crippen LogP contribution < -0.4 is 16.6 Å². The van der Waals surface area contributed by atoms with Crippen LogP contribution in [-0.4, -0.2) is 15.5 Å². The Balaban J connectivity index is 2.05. The maximum Gasteiger partial charge on any atom is 0.258 e. The highest BCUT2D eigenvalue weighted by molar-refractivity contribution is 5.76. The summed E-state index contributed by atoms with van der Waals surface area (Å²) in [5, 5.41) is 2.65. The van der Waals surface area contributed by atoms with Crippen molar-refractivity contribution in [3.8, 4) is 0 Å². The molecular formula is C15H17FN4O2. The van der Waals surface area contributed by atoms with E-state index in [1.165, 1.54) is 12.1 Å². The van der Waals surface area contributed by atoms with Gasteiger partial charge in [-0.1, -0.05) is 12.1 Å². The Morgan fingerprint density at radius 1 is 1.32 bits per heavy atom. The number of amides is 1. The van der Waals surface area contributed by atoms with E-state index in [0.717, 1.165) is 10.1 Å². The van der Waals surface area contributed by atoms with Crippen molar-refractivity contribution in [2.24, 2.45) is 0 Å². The number of hydrogen-bond donors (Lipinski definition) is 2. The number of hydrogen-bond acceptors (Lipinski definition) is 4. The van der Waals surface area contributed by atoms with Crippen LogP contribution in [0.5, 0.6) is 0 Å². The summed E-state index contributed by atoms with van der Waals surface area (Å²) < 4.78 is 13.9. The molecule has 2 rings (SSSR count). The van der Waals surface area contributed by atoms with Crippen molar-refractivity contribution in [3.05, 3.63) is 57.3 Å². The summed E-state index contributed by atoms with van der Waals surface area (Å²) in [6, 6.07) is 5.79. The fourth-order valence-corrected chi connectivity index (χ4v) is 1.93. The number of nitrogens with zero attached hydrogens (tertiary/aromatic N) is 2. The van der Waals surface area contributed by atoms with E-state index in [9.17, 15) is 14.0 Å². The molecule has 0 bridgehead atoms. The third-order valence-electron chi connectivity index (χ3n) is 3.37. The highest BCUT2D eigenvalue weighted by Gasteiger charge is 2.12. The van der Waals surface area contributed by atoms with E-state index in [1.807, 2.05) is 0 Å². The van der Waals surface area contributed by atoms with E-state index in [-0.39, 0.29) is 36.3 Å². The molecule has 0 saturated heterocycles. The second kappa shape index (κ2) is 6.38. The van der Waals surface area contributed by atoms with Gasteiger partial charge in [-0.25, -0.2) is 9.37 Å². The molecule has 0 saturated carbocycles. The summed E-state index contributed by atoms with van der Waals surface area (Å²) in [4.78, 5) is 28.0. The second-order valence-electron chi connectivity index (χ2n) is 4.97. The molecule has 2 aromatic rings. The Labute approximate surface area is 126 Å². The molecule has 0 aliphatic rings. The molecule has 0 radical (unpaired) electrons. The van der Waals surface area contributed by atoms with Gasteiger partial charge in [-0.05, 0) is 31.5 Å². The first-order chi connectivity index (χ1) is 10.4. The summed E-state index contributed by atoms with van der Waals surface area (Å²) in [5.41, 5.74) is 7.13. The SMILES string of the molecule is Cc1nc(N)n(CC(=O)NCc2ccc(F)cc2)c(=O)c1C. The zero-order chi connectivity index (χ0) is 16.3. The topological polar surface area (TPSA) is 90.0 Å². The van der Waals surface area contributed by atoms with Gasteiger partial charge in [-0.2, -0.15) is 0 Å². The minimum Gasteiger partial charge on any atom is -0.369 e. The molecule has 0 aliphatic heterocycles. The van der Waals surface area contributed by atoms with Crippen LogP contribution in [0.4, 0.5) is 10.3 Å². The van der Waals surface area contributed by atoms with Crippen LogP contribution in [0.1, 0.15) is 16.8 Å². The lowest BCUT2D eigenvalue weighted by Crippen LogP contribution is -2.35. The number of carbonyl (C=O) groups excluding carboxylic acids is 1. The number of anilines is 1. The van der Waals surface area contributed by atoms with Crippen LogP contribution in [0.3, 0.4) is 0 Å². The first-order valence-electron chi connectivity index (χ1n) is 6.73. The third kappa shape index (κ3) is 3.49. The maximum atomic E-state index is 12.8.